The minimum absolute atomic E-state index is 0.188. The van der Waals surface area contributed by atoms with Crippen molar-refractivity contribution in [2.24, 2.45) is 5.92 Å². The number of hydrogen-bond donors (Lipinski definition) is 2. The maximum absolute atomic E-state index is 10.6. The first-order valence-corrected chi connectivity index (χ1v) is 5.31. The van der Waals surface area contributed by atoms with Gasteiger partial charge < -0.3 is 10.2 Å². The molecule has 0 aliphatic rings. The van der Waals surface area contributed by atoms with Gasteiger partial charge in [-0.2, -0.15) is 0 Å². The molecule has 82 valence electrons. The topological polar surface area (TPSA) is 70.4 Å². The van der Waals surface area contributed by atoms with Gasteiger partial charge in [-0.3, -0.25) is 9.78 Å². The van der Waals surface area contributed by atoms with E-state index in [0.717, 1.165) is 4.47 Å². The molecule has 5 heteroatoms. The van der Waals surface area contributed by atoms with E-state index in [1.54, 1.807) is 19.2 Å². The molecule has 0 fully saturated rings. The lowest BCUT2D eigenvalue weighted by atomic mass is 10.00. The van der Waals surface area contributed by atoms with Crippen molar-refractivity contribution in [3.8, 4) is 0 Å². The van der Waals surface area contributed by atoms with Crippen LogP contribution in [0, 0.1) is 5.92 Å². The lowest BCUT2D eigenvalue weighted by Crippen LogP contribution is -2.13. The van der Waals surface area contributed by atoms with E-state index < -0.39 is 18.0 Å². The lowest BCUT2D eigenvalue weighted by Gasteiger charge is -2.13. The maximum atomic E-state index is 10.6. The highest BCUT2D eigenvalue weighted by Gasteiger charge is 2.17. The molecule has 0 aliphatic carbocycles. The monoisotopic (exact) mass is 273 g/mol. The number of carboxylic acid groups (broad SMARTS) is 1. The number of aromatic nitrogens is 1. The molecule has 2 N–H and O–H groups in total. The van der Waals surface area contributed by atoms with Gasteiger partial charge in [0.2, 0.25) is 0 Å². The van der Waals surface area contributed by atoms with Crippen molar-refractivity contribution in [3.63, 3.8) is 0 Å². The molecule has 0 spiro atoms. The molecule has 2 unspecified atom stereocenters. The zero-order valence-corrected chi connectivity index (χ0v) is 9.81. The SMILES string of the molecule is CC(CC(O)c1cncc(Br)c1)C(=O)O. The van der Waals surface area contributed by atoms with Crippen LogP contribution in [0.4, 0.5) is 0 Å². The Bertz CT molecular complexity index is 356. The van der Waals surface area contributed by atoms with Crippen LogP contribution in [0.2, 0.25) is 0 Å². The summed E-state index contributed by atoms with van der Waals surface area (Å²) in [5.74, 6) is -1.48. The second-order valence-electron chi connectivity index (χ2n) is 3.43. The van der Waals surface area contributed by atoms with Gasteiger partial charge in [-0.25, -0.2) is 0 Å². The molecular formula is C10H12BrNO3. The van der Waals surface area contributed by atoms with Gasteiger partial charge in [-0.15, -0.1) is 0 Å². The lowest BCUT2D eigenvalue weighted by molar-refractivity contribution is -0.142. The van der Waals surface area contributed by atoms with Crippen LogP contribution in [0.1, 0.15) is 25.0 Å². The third kappa shape index (κ3) is 3.60. The Balaban J connectivity index is 2.68. The van der Waals surface area contributed by atoms with E-state index in [1.165, 1.54) is 6.20 Å². The van der Waals surface area contributed by atoms with Crippen LogP contribution in [0.15, 0.2) is 22.9 Å². The first-order chi connectivity index (χ1) is 7.00. The Hall–Kier alpha value is -0.940. The van der Waals surface area contributed by atoms with Gasteiger partial charge in [-0.05, 0) is 34.0 Å². The summed E-state index contributed by atoms with van der Waals surface area (Å²) in [6.07, 6.45) is 2.54. The molecule has 1 aromatic rings. The number of carbonyl (C=O) groups is 1. The van der Waals surface area contributed by atoms with Crippen molar-refractivity contribution in [2.45, 2.75) is 19.4 Å². The van der Waals surface area contributed by atoms with Crippen LogP contribution >= 0.6 is 15.9 Å². The second-order valence-corrected chi connectivity index (χ2v) is 4.34. The third-order valence-electron chi connectivity index (χ3n) is 2.11. The van der Waals surface area contributed by atoms with Crippen LogP contribution in [-0.4, -0.2) is 21.2 Å². The molecule has 1 heterocycles. The van der Waals surface area contributed by atoms with Gasteiger partial charge in [-0.1, -0.05) is 6.92 Å². The Labute approximate surface area is 96.1 Å². The summed E-state index contributed by atoms with van der Waals surface area (Å²) < 4.78 is 0.766. The second kappa shape index (κ2) is 5.23. The summed E-state index contributed by atoms with van der Waals surface area (Å²) in [6.45, 7) is 1.57. The van der Waals surface area contributed by atoms with E-state index in [2.05, 4.69) is 20.9 Å². The molecule has 0 bridgehead atoms. The highest BCUT2D eigenvalue weighted by molar-refractivity contribution is 9.10. The molecular weight excluding hydrogens is 262 g/mol. The number of hydrogen-bond acceptors (Lipinski definition) is 3. The minimum atomic E-state index is -0.906. The van der Waals surface area contributed by atoms with Gasteiger partial charge in [0.1, 0.15) is 0 Å². The van der Waals surface area contributed by atoms with E-state index >= 15 is 0 Å². The van der Waals surface area contributed by atoms with Gasteiger partial charge in [0.05, 0.1) is 12.0 Å². The average Bonchev–Trinajstić information content (AvgIpc) is 2.17. The highest BCUT2D eigenvalue weighted by Crippen LogP contribution is 2.22. The average molecular weight is 274 g/mol. The fraction of sp³-hybridized carbons (Fsp3) is 0.400. The number of halogens is 1. The third-order valence-corrected chi connectivity index (χ3v) is 2.54. The molecule has 0 radical (unpaired) electrons. The Morgan fingerprint density at radius 2 is 2.27 bits per heavy atom. The molecule has 0 aromatic carbocycles. The van der Waals surface area contributed by atoms with Gasteiger partial charge in [0.25, 0.3) is 0 Å². The first-order valence-electron chi connectivity index (χ1n) is 4.52. The van der Waals surface area contributed by atoms with Crippen molar-refractivity contribution in [1.82, 2.24) is 4.98 Å². The Morgan fingerprint density at radius 3 is 2.80 bits per heavy atom. The molecule has 0 saturated carbocycles. The predicted octanol–water partition coefficient (Wildman–Crippen LogP) is 1.99. The van der Waals surface area contributed by atoms with Crippen molar-refractivity contribution < 1.29 is 15.0 Å². The van der Waals surface area contributed by atoms with Crippen LogP contribution < -0.4 is 0 Å². The zero-order chi connectivity index (χ0) is 11.4. The van der Waals surface area contributed by atoms with Crippen molar-refractivity contribution in [3.05, 3.63) is 28.5 Å². The molecule has 1 aromatic heterocycles. The van der Waals surface area contributed by atoms with Crippen molar-refractivity contribution in [1.29, 1.82) is 0 Å². The van der Waals surface area contributed by atoms with Crippen LogP contribution in [0.25, 0.3) is 0 Å². The fourth-order valence-corrected chi connectivity index (χ4v) is 1.56. The fourth-order valence-electron chi connectivity index (χ4n) is 1.18. The first kappa shape index (κ1) is 12.1. The summed E-state index contributed by atoms with van der Waals surface area (Å²) in [7, 11) is 0. The van der Waals surface area contributed by atoms with E-state index in [1.807, 2.05) is 0 Å². The number of rotatable bonds is 4. The minimum Gasteiger partial charge on any atom is -0.481 e. The van der Waals surface area contributed by atoms with Crippen molar-refractivity contribution in [2.75, 3.05) is 0 Å². The summed E-state index contributed by atoms with van der Waals surface area (Å²) >= 11 is 3.24. The van der Waals surface area contributed by atoms with Crippen LogP contribution in [0.5, 0.6) is 0 Å². The summed E-state index contributed by atoms with van der Waals surface area (Å²) in [6, 6.07) is 1.73. The molecule has 1 rings (SSSR count). The zero-order valence-electron chi connectivity index (χ0n) is 8.22. The maximum Gasteiger partial charge on any atom is 0.306 e. The number of aliphatic hydroxyl groups excluding tert-OH is 1. The summed E-state index contributed by atoms with van der Waals surface area (Å²) in [5.41, 5.74) is 0.623. The predicted molar refractivity (Wildman–Crippen MR) is 58.3 cm³/mol. The molecule has 0 amide bonds. The van der Waals surface area contributed by atoms with Crippen molar-refractivity contribution >= 4 is 21.9 Å². The molecule has 0 saturated heterocycles. The van der Waals surface area contributed by atoms with E-state index in [0.29, 0.717) is 5.56 Å². The number of aliphatic hydroxyl groups is 1. The number of pyridine rings is 1. The number of aliphatic carboxylic acids is 1. The largest absolute Gasteiger partial charge is 0.481 e. The van der Waals surface area contributed by atoms with Gasteiger partial charge in [0, 0.05) is 16.9 Å². The molecule has 2 atom stereocenters. The quantitative estimate of drug-likeness (QED) is 0.880. The highest BCUT2D eigenvalue weighted by atomic mass is 79.9. The Kier molecular flexibility index (Phi) is 4.23. The molecule has 0 aliphatic heterocycles. The number of carboxylic acids is 1. The Morgan fingerprint density at radius 1 is 1.60 bits per heavy atom. The van der Waals surface area contributed by atoms with E-state index in [4.69, 9.17) is 5.11 Å². The molecule has 4 nitrogen and oxygen atoms in total. The van der Waals surface area contributed by atoms with E-state index in [-0.39, 0.29) is 6.42 Å². The van der Waals surface area contributed by atoms with Gasteiger partial charge >= 0.3 is 5.97 Å². The summed E-state index contributed by atoms with van der Waals surface area (Å²) in [5, 5.41) is 18.4. The number of nitrogens with zero attached hydrogens (tertiary/aromatic N) is 1. The van der Waals surface area contributed by atoms with Gasteiger partial charge in [0.15, 0.2) is 0 Å². The van der Waals surface area contributed by atoms with Crippen LogP contribution in [-0.2, 0) is 4.79 Å². The standard InChI is InChI=1S/C10H12BrNO3/c1-6(10(14)15)2-9(13)7-3-8(11)5-12-4-7/h3-6,9,13H,2H2,1H3,(H,14,15). The summed E-state index contributed by atoms with van der Waals surface area (Å²) in [4.78, 5) is 14.5. The smallest absolute Gasteiger partial charge is 0.306 e. The normalized spacial score (nSPS) is 14.6. The van der Waals surface area contributed by atoms with Crippen LogP contribution in [0.3, 0.4) is 0 Å². The van der Waals surface area contributed by atoms with E-state index in [9.17, 15) is 9.90 Å². The molecule has 15 heavy (non-hydrogen) atoms.